The third-order valence-corrected chi connectivity index (χ3v) is 5.86. The summed E-state index contributed by atoms with van der Waals surface area (Å²) >= 11 is 1.45. The molecule has 130 valence electrons. The van der Waals surface area contributed by atoms with Gasteiger partial charge in [0.15, 0.2) is 0 Å². The van der Waals surface area contributed by atoms with Crippen molar-refractivity contribution in [2.45, 2.75) is 25.7 Å². The van der Waals surface area contributed by atoms with Crippen LogP contribution in [0.5, 0.6) is 0 Å². The minimum absolute atomic E-state index is 0.0518. The first kappa shape index (κ1) is 17.0. The summed E-state index contributed by atoms with van der Waals surface area (Å²) in [5.74, 6) is -0.414. The molecule has 6 nitrogen and oxygen atoms in total. The SMILES string of the molecule is NC(=O)C1CCCN(C(=O)C2CCN(C(=O)c3cccs3)CC2)C1. The molecule has 0 saturated carbocycles. The Labute approximate surface area is 145 Å². The fourth-order valence-electron chi connectivity index (χ4n) is 3.55. The van der Waals surface area contributed by atoms with E-state index in [0.717, 1.165) is 17.7 Å². The molecule has 1 atom stereocenters. The van der Waals surface area contributed by atoms with Gasteiger partial charge in [-0.1, -0.05) is 6.07 Å². The van der Waals surface area contributed by atoms with Crippen molar-refractivity contribution in [3.63, 3.8) is 0 Å². The topological polar surface area (TPSA) is 83.7 Å². The van der Waals surface area contributed by atoms with Gasteiger partial charge < -0.3 is 15.5 Å². The molecule has 3 amide bonds. The molecule has 1 unspecified atom stereocenters. The Morgan fingerprint density at radius 2 is 1.79 bits per heavy atom. The zero-order valence-electron chi connectivity index (χ0n) is 13.6. The van der Waals surface area contributed by atoms with Crippen LogP contribution < -0.4 is 5.73 Å². The average Bonchev–Trinajstić information content (AvgIpc) is 3.15. The lowest BCUT2D eigenvalue weighted by atomic mass is 9.92. The van der Waals surface area contributed by atoms with E-state index < -0.39 is 0 Å². The third kappa shape index (κ3) is 3.61. The van der Waals surface area contributed by atoms with Crippen molar-refractivity contribution in [2.24, 2.45) is 17.6 Å². The van der Waals surface area contributed by atoms with Crippen LogP contribution in [0.2, 0.25) is 0 Å². The average molecular weight is 349 g/mol. The van der Waals surface area contributed by atoms with Crippen molar-refractivity contribution in [2.75, 3.05) is 26.2 Å². The van der Waals surface area contributed by atoms with Crippen LogP contribution in [0, 0.1) is 11.8 Å². The van der Waals surface area contributed by atoms with Gasteiger partial charge >= 0.3 is 0 Å². The molecule has 0 spiro atoms. The number of likely N-dealkylation sites (tertiary alicyclic amines) is 2. The fourth-order valence-corrected chi connectivity index (χ4v) is 4.24. The van der Waals surface area contributed by atoms with E-state index >= 15 is 0 Å². The predicted molar refractivity (Wildman–Crippen MR) is 91.4 cm³/mol. The monoisotopic (exact) mass is 349 g/mol. The van der Waals surface area contributed by atoms with Crippen molar-refractivity contribution in [1.82, 2.24) is 9.80 Å². The first-order chi connectivity index (χ1) is 11.6. The molecular weight excluding hydrogens is 326 g/mol. The highest BCUT2D eigenvalue weighted by Gasteiger charge is 2.33. The zero-order chi connectivity index (χ0) is 17.1. The molecule has 0 bridgehead atoms. The second kappa shape index (κ2) is 7.34. The van der Waals surface area contributed by atoms with Crippen molar-refractivity contribution >= 4 is 29.1 Å². The highest BCUT2D eigenvalue weighted by molar-refractivity contribution is 7.12. The lowest BCUT2D eigenvalue weighted by Gasteiger charge is -2.37. The summed E-state index contributed by atoms with van der Waals surface area (Å²) in [5.41, 5.74) is 5.39. The van der Waals surface area contributed by atoms with Gasteiger partial charge in [0.2, 0.25) is 11.8 Å². The van der Waals surface area contributed by atoms with Crippen LogP contribution in [-0.2, 0) is 9.59 Å². The molecule has 3 rings (SSSR count). The summed E-state index contributed by atoms with van der Waals surface area (Å²) in [6.45, 7) is 2.37. The van der Waals surface area contributed by atoms with E-state index in [1.54, 1.807) is 4.90 Å². The Balaban J connectivity index is 1.53. The van der Waals surface area contributed by atoms with Crippen molar-refractivity contribution in [3.05, 3.63) is 22.4 Å². The molecule has 0 aromatic carbocycles. The van der Waals surface area contributed by atoms with E-state index in [9.17, 15) is 14.4 Å². The Kier molecular flexibility index (Phi) is 5.18. The van der Waals surface area contributed by atoms with E-state index in [4.69, 9.17) is 5.73 Å². The number of rotatable bonds is 3. The van der Waals surface area contributed by atoms with E-state index in [1.807, 2.05) is 22.4 Å². The maximum Gasteiger partial charge on any atom is 0.263 e. The van der Waals surface area contributed by atoms with Crippen LogP contribution in [-0.4, -0.2) is 53.7 Å². The van der Waals surface area contributed by atoms with Gasteiger partial charge in [0.05, 0.1) is 10.8 Å². The van der Waals surface area contributed by atoms with Gasteiger partial charge in [0.1, 0.15) is 0 Å². The van der Waals surface area contributed by atoms with E-state index in [0.29, 0.717) is 39.0 Å². The number of nitrogens with two attached hydrogens (primary N) is 1. The summed E-state index contributed by atoms with van der Waals surface area (Å²) < 4.78 is 0. The Morgan fingerprint density at radius 3 is 2.42 bits per heavy atom. The number of hydrogen-bond acceptors (Lipinski definition) is 4. The Bertz CT molecular complexity index is 609. The number of amides is 3. The molecule has 0 aliphatic carbocycles. The Morgan fingerprint density at radius 1 is 1.04 bits per heavy atom. The van der Waals surface area contributed by atoms with Crippen molar-refractivity contribution in [1.29, 1.82) is 0 Å². The largest absolute Gasteiger partial charge is 0.369 e. The van der Waals surface area contributed by atoms with Gasteiger partial charge in [0.25, 0.3) is 5.91 Å². The first-order valence-corrected chi connectivity index (χ1v) is 9.35. The van der Waals surface area contributed by atoms with Crippen molar-refractivity contribution < 1.29 is 14.4 Å². The number of nitrogens with zero attached hydrogens (tertiary/aromatic N) is 2. The van der Waals surface area contributed by atoms with Crippen LogP contribution in [0.25, 0.3) is 0 Å². The number of piperidine rings is 2. The molecule has 7 heteroatoms. The fraction of sp³-hybridized carbons (Fsp3) is 0.588. The van der Waals surface area contributed by atoms with Crippen LogP contribution in [0.1, 0.15) is 35.4 Å². The van der Waals surface area contributed by atoms with Gasteiger partial charge in [-0.25, -0.2) is 0 Å². The second-order valence-corrected chi connectivity index (χ2v) is 7.52. The molecule has 24 heavy (non-hydrogen) atoms. The highest BCUT2D eigenvalue weighted by atomic mass is 32.1. The maximum absolute atomic E-state index is 12.7. The first-order valence-electron chi connectivity index (χ1n) is 8.47. The minimum Gasteiger partial charge on any atom is -0.369 e. The van der Waals surface area contributed by atoms with E-state index in [2.05, 4.69) is 0 Å². The van der Waals surface area contributed by atoms with E-state index in [1.165, 1.54) is 11.3 Å². The summed E-state index contributed by atoms with van der Waals surface area (Å²) in [6.07, 6.45) is 2.98. The number of thiophene rings is 1. The lowest BCUT2D eigenvalue weighted by Crippen LogP contribution is -2.48. The number of carbonyl (C=O) groups excluding carboxylic acids is 3. The number of primary amides is 1. The van der Waals surface area contributed by atoms with Crippen LogP contribution in [0.15, 0.2) is 17.5 Å². The van der Waals surface area contributed by atoms with Gasteiger partial charge in [-0.2, -0.15) is 0 Å². The molecule has 0 radical (unpaired) electrons. The standard InChI is InChI=1S/C17H23N3O3S/c18-15(21)13-3-1-7-20(11-13)16(22)12-5-8-19(9-6-12)17(23)14-4-2-10-24-14/h2,4,10,12-13H,1,3,5-9,11H2,(H2,18,21). The second-order valence-electron chi connectivity index (χ2n) is 6.57. The molecule has 2 N–H and O–H groups in total. The van der Waals surface area contributed by atoms with Crippen LogP contribution in [0.3, 0.4) is 0 Å². The Hall–Kier alpha value is -1.89. The molecule has 2 aliphatic rings. The normalized spacial score (nSPS) is 22.4. The number of carbonyl (C=O) groups is 3. The zero-order valence-corrected chi connectivity index (χ0v) is 14.5. The van der Waals surface area contributed by atoms with Crippen molar-refractivity contribution in [3.8, 4) is 0 Å². The molecule has 2 fully saturated rings. The maximum atomic E-state index is 12.7. The van der Waals surface area contributed by atoms with Gasteiger partial charge in [-0.15, -0.1) is 11.3 Å². The molecular formula is C17H23N3O3S. The summed E-state index contributed by atoms with van der Waals surface area (Å²) in [4.78, 5) is 40.8. The minimum atomic E-state index is -0.316. The predicted octanol–water partition coefficient (Wildman–Crippen LogP) is 1.32. The van der Waals surface area contributed by atoms with Crippen LogP contribution >= 0.6 is 11.3 Å². The molecule has 2 saturated heterocycles. The van der Waals surface area contributed by atoms with Gasteiger partial charge in [0, 0.05) is 32.1 Å². The smallest absolute Gasteiger partial charge is 0.263 e. The van der Waals surface area contributed by atoms with Crippen LogP contribution in [0.4, 0.5) is 0 Å². The molecule has 3 heterocycles. The summed E-state index contributed by atoms with van der Waals surface area (Å²) in [6, 6.07) is 3.71. The molecule has 1 aromatic rings. The molecule has 1 aromatic heterocycles. The van der Waals surface area contributed by atoms with Gasteiger partial charge in [-0.3, -0.25) is 14.4 Å². The third-order valence-electron chi connectivity index (χ3n) is 5.00. The quantitative estimate of drug-likeness (QED) is 0.893. The number of hydrogen-bond donors (Lipinski definition) is 1. The van der Waals surface area contributed by atoms with E-state index in [-0.39, 0.29) is 29.6 Å². The van der Waals surface area contributed by atoms with Gasteiger partial charge in [-0.05, 0) is 37.1 Å². The summed E-state index contributed by atoms with van der Waals surface area (Å²) in [5, 5.41) is 1.90. The summed E-state index contributed by atoms with van der Waals surface area (Å²) in [7, 11) is 0. The molecule has 2 aliphatic heterocycles. The lowest BCUT2D eigenvalue weighted by molar-refractivity contribution is -0.140. The highest BCUT2D eigenvalue weighted by Crippen LogP contribution is 2.25.